The van der Waals surface area contributed by atoms with E-state index in [4.69, 9.17) is 9.47 Å². The van der Waals surface area contributed by atoms with Crippen molar-refractivity contribution in [2.24, 2.45) is 0 Å². The van der Waals surface area contributed by atoms with E-state index in [-0.39, 0.29) is 23.7 Å². The summed E-state index contributed by atoms with van der Waals surface area (Å²) >= 11 is 0. The van der Waals surface area contributed by atoms with Gasteiger partial charge in [-0.2, -0.15) is 0 Å². The Bertz CT molecular complexity index is 627. The summed E-state index contributed by atoms with van der Waals surface area (Å²) in [6.45, 7) is 1.46. The van der Waals surface area contributed by atoms with Crippen LogP contribution < -0.4 is 9.47 Å². The molecule has 2 aromatic carbocycles. The van der Waals surface area contributed by atoms with Crippen LogP contribution in [0.15, 0.2) is 36.4 Å². The van der Waals surface area contributed by atoms with Crippen LogP contribution >= 0.6 is 0 Å². The number of halogens is 2. The minimum absolute atomic E-state index is 0.0911. The van der Waals surface area contributed by atoms with Crippen LogP contribution in [-0.2, 0) is 6.61 Å². The van der Waals surface area contributed by atoms with Gasteiger partial charge in [-0.15, -0.1) is 0 Å². The van der Waals surface area contributed by atoms with Gasteiger partial charge in [-0.3, -0.25) is 0 Å². The van der Waals surface area contributed by atoms with Crippen molar-refractivity contribution in [1.82, 2.24) is 0 Å². The van der Waals surface area contributed by atoms with E-state index >= 15 is 0 Å². The van der Waals surface area contributed by atoms with Crippen LogP contribution in [0.1, 0.15) is 24.2 Å². The van der Waals surface area contributed by atoms with Crippen molar-refractivity contribution in [1.29, 1.82) is 0 Å². The van der Waals surface area contributed by atoms with Gasteiger partial charge in [-0.05, 0) is 25.1 Å². The number of ether oxygens (including phenoxy) is 2. The molecular weight excluding hydrogens is 278 g/mol. The van der Waals surface area contributed by atoms with Gasteiger partial charge in [-0.25, -0.2) is 8.78 Å². The molecule has 0 unspecified atom stereocenters. The van der Waals surface area contributed by atoms with Crippen molar-refractivity contribution in [2.75, 3.05) is 7.11 Å². The summed E-state index contributed by atoms with van der Waals surface area (Å²) in [5.41, 5.74) is 0.731. The highest BCUT2D eigenvalue weighted by molar-refractivity contribution is 5.36. The zero-order chi connectivity index (χ0) is 15.4. The van der Waals surface area contributed by atoms with Crippen LogP contribution in [0.25, 0.3) is 0 Å². The molecule has 0 aliphatic heterocycles. The summed E-state index contributed by atoms with van der Waals surface area (Å²) in [7, 11) is 1.38. The van der Waals surface area contributed by atoms with Crippen molar-refractivity contribution in [3.63, 3.8) is 0 Å². The number of methoxy groups -OCH3 is 1. The number of benzene rings is 2. The van der Waals surface area contributed by atoms with E-state index in [0.29, 0.717) is 5.56 Å². The van der Waals surface area contributed by atoms with Crippen molar-refractivity contribution >= 4 is 0 Å². The molecule has 1 N–H and O–H groups in total. The molecule has 5 heteroatoms. The SMILES string of the molecule is COc1cccc(COc2cc(F)ccc2[C@H](C)O)c1F. The second-order valence-corrected chi connectivity index (χ2v) is 4.58. The Balaban J connectivity index is 2.22. The van der Waals surface area contributed by atoms with Gasteiger partial charge >= 0.3 is 0 Å². The molecule has 0 saturated heterocycles. The second-order valence-electron chi connectivity index (χ2n) is 4.58. The van der Waals surface area contributed by atoms with Gasteiger partial charge in [0.1, 0.15) is 18.2 Å². The van der Waals surface area contributed by atoms with E-state index in [9.17, 15) is 13.9 Å². The van der Waals surface area contributed by atoms with E-state index in [1.165, 1.54) is 31.4 Å². The van der Waals surface area contributed by atoms with Crippen LogP contribution in [-0.4, -0.2) is 12.2 Å². The van der Waals surface area contributed by atoms with Gasteiger partial charge in [0, 0.05) is 17.2 Å². The third kappa shape index (κ3) is 3.49. The largest absolute Gasteiger partial charge is 0.494 e. The zero-order valence-corrected chi connectivity index (χ0v) is 11.8. The number of rotatable bonds is 5. The first-order chi connectivity index (χ1) is 10.0. The quantitative estimate of drug-likeness (QED) is 0.915. The molecule has 1 atom stereocenters. The van der Waals surface area contributed by atoms with Crippen molar-refractivity contribution < 1.29 is 23.4 Å². The minimum atomic E-state index is -0.809. The summed E-state index contributed by atoms with van der Waals surface area (Å²) in [4.78, 5) is 0. The first-order valence-corrected chi connectivity index (χ1v) is 6.44. The minimum Gasteiger partial charge on any atom is -0.494 e. The van der Waals surface area contributed by atoms with E-state index in [1.54, 1.807) is 19.1 Å². The summed E-state index contributed by atoms with van der Waals surface area (Å²) in [6.07, 6.45) is -0.809. The van der Waals surface area contributed by atoms with Gasteiger partial charge < -0.3 is 14.6 Å². The Morgan fingerprint density at radius 3 is 2.57 bits per heavy atom. The van der Waals surface area contributed by atoms with Gasteiger partial charge in [-0.1, -0.05) is 12.1 Å². The number of aliphatic hydroxyl groups is 1. The lowest BCUT2D eigenvalue weighted by atomic mass is 10.1. The van der Waals surface area contributed by atoms with Crippen molar-refractivity contribution in [2.45, 2.75) is 19.6 Å². The average molecular weight is 294 g/mol. The lowest BCUT2D eigenvalue weighted by Gasteiger charge is -2.14. The molecule has 0 aliphatic carbocycles. The summed E-state index contributed by atoms with van der Waals surface area (Å²) in [5, 5.41) is 9.63. The Hall–Kier alpha value is -2.14. The highest BCUT2D eigenvalue weighted by Gasteiger charge is 2.13. The Labute approximate surface area is 121 Å². The zero-order valence-electron chi connectivity index (χ0n) is 11.8. The van der Waals surface area contributed by atoms with E-state index in [1.807, 2.05) is 0 Å². The molecular formula is C16H16F2O3. The predicted octanol–water partition coefficient (Wildman–Crippen LogP) is 3.61. The van der Waals surface area contributed by atoms with Crippen LogP contribution in [0, 0.1) is 11.6 Å². The van der Waals surface area contributed by atoms with E-state index in [2.05, 4.69) is 0 Å². The molecule has 3 nitrogen and oxygen atoms in total. The molecule has 0 aliphatic rings. The van der Waals surface area contributed by atoms with Gasteiger partial charge in [0.2, 0.25) is 0 Å². The molecule has 0 aromatic heterocycles. The molecule has 0 saturated carbocycles. The number of hydrogen-bond donors (Lipinski definition) is 1. The maximum atomic E-state index is 14.0. The average Bonchev–Trinajstić information content (AvgIpc) is 2.46. The van der Waals surface area contributed by atoms with Gasteiger partial charge in [0.05, 0.1) is 13.2 Å². The number of aliphatic hydroxyl groups excluding tert-OH is 1. The first-order valence-electron chi connectivity index (χ1n) is 6.44. The van der Waals surface area contributed by atoms with Crippen LogP contribution in [0.2, 0.25) is 0 Å². The fourth-order valence-corrected chi connectivity index (χ4v) is 1.96. The van der Waals surface area contributed by atoms with Crippen molar-refractivity contribution in [3.05, 3.63) is 59.2 Å². The standard InChI is InChI=1S/C16H16F2O3/c1-10(19)13-7-6-12(17)8-15(13)21-9-11-4-3-5-14(20-2)16(11)18/h3-8,10,19H,9H2,1-2H3/t10-/m0/s1. The predicted molar refractivity (Wildman–Crippen MR) is 74.3 cm³/mol. The monoisotopic (exact) mass is 294 g/mol. The third-order valence-corrected chi connectivity index (χ3v) is 3.07. The van der Waals surface area contributed by atoms with Gasteiger partial charge in [0.25, 0.3) is 0 Å². The Morgan fingerprint density at radius 2 is 1.90 bits per heavy atom. The molecule has 0 amide bonds. The molecule has 0 radical (unpaired) electrons. The lowest BCUT2D eigenvalue weighted by Crippen LogP contribution is -2.04. The van der Waals surface area contributed by atoms with Crippen molar-refractivity contribution in [3.8, 4) is 11.5 Å². The second kappa shape index (κ2) is 6.54. The van der Waals surface area contributed by atoms with Crippen LogP contribution in [0.3, 0.4) is 0 Å². The molecule has 0 spiro atoms. The van der Waals surface area contributed by atoms with E-state index in [0.717, 1.165) is 0 Å². The Kier molecular flexibility index (Phi) is 4.75. The molecule has 0 bridgehead atoms. The molecule has 0 heterocycles. The normalized spacial score (nSPS) is 12.0. The topological polar surface area (TPSA) is 38.7 Å². The Morgan fingerprint density at radius 1 is 1.14 bits per heavy atom. The van der Waals surface area contributed by atoms with E-state index < -0.39 is 17.7 Å². The fourth-order valence-electron chi connectivity index (χ4n) is 1.96. The molecule has 2 aromatic rings. The van der Waals surface area contributed by atoms with Crippen LogP contribution in [0.5, 0.6) is 11.5 Å². The molecule has 112 valence electrons. The molecule has 0 fully saturated rings. The highest BCUT2D eigenvalue weighted by atomic mass is 19.1. The van der Waals surface area contributed by atoms with Gasteiger partial charge in [0.15, 0.2) is 11.6 Å². The fraction of sp³-hybridized carbons (Fsp3) is 0.250. The smallest absolute Gasteiger partial charge is 0.171 e. The highest BCUT2D eigenvalue weighted by Crippen LogP contribution is 2.28. The third-order valence-electron chi connectivity index (χ3n) is 3.07. The molecule has 21 heavy (non-hydrogen) atoms. The summed E-state index contributed by atoms with van der Waals surface area (Å²) < 4.78 is 37.6. The maximum Gasteiger partial charge on any atom is 0.171 e. The maximum absolute atomic E-state index is 14.0. The molecule has 2 rings (SSSR count). The summed E-state index contributed by atoms with van der Waals surface area (Å²) in [6, 6.07) is 8.54. The van der Waals surface area contributed by atoms with Crippen LogP contribution in [0.4, 0.5) is 8.78 Å². The first kappa shape index (κ1) is 15.3. The lowest BCUT2D eigenvalue weighted by molar-refractivity contribution is 0.189. The summed E-state index contributed by atoms with van der Waals surface area (Å²) in [5.74, 6) is -0.700. The number of hydrogen-bond acceptors (Lipinski definition) is 3.